The number of amides is 2. The number of aliphatic hydroxyl groups excluding tert-OH is 1. The molecule has 1 saturated heterocycles. The Hall–Kier alpha value is -5.18. The standard InChI is InChI=1S/C37H37N2O8P/c1-25(40)36-32(23-33(42)28-20-18-27(19-21-28)22-34(38)43)39(37(36)45)48(29-12-6-3-7-13-29,30-14-8-4-9-15-30,31-16-10-5-11-17-31)47-35(44)24-46-26(2)41/h3-21,25,32,36,40H,22-24H2,1-2H3,(H2,38,43)/t25-,32-,36-/m1/s1. The molecule has 3 atom stereocenters. The minimum absolute atomic E-state index is 0.0159. The van der Waals surface area contributed by atoms with Gasteiger partial charge in [0, 0.05) is 0 Å². The molecule has 0 aliphatic carbocycles. The first-order valence-electron chi connectivity index (χ1n) is 15.5. The number of nitrogens with two attached hydrogens (primary N) is 1. The number of hydrogen-bond donors (Lipinski definition) is 2. The molecule has 0 unspecified atom stereocenters. The van der Waals surface area contributed by atoms with Gasteiger partial charge < -0.3 is 0 Å². The van der Waals surface area contributed by atoms with Gasteiger partial charge in [-0.05, 0) is 0 Å². The molecule has 0 bridgehead atoms. The molecule has 1 heterocycles. The topological polar surface area (TPSA) is 153 Å². The molecule has 4 aromatic rings. The number of primary amides is 1. The molecule has 1 fully saturated rings. The predicted molar refractivity (Wildman–Crippen MR) is 182 cm³/mol. The molecule has 5 rings (SSSR count). The number of Topliss-reactive ketones (excluding diaryl/α,β-unsaturated/α-hetero) is 1. The van der Waals surface area contributed by atoms with Crippen molar-refractivity contribution in [2.24, 2.45) is 11.7 Å². The number of β-lactam (4-membered cyclic amide) rings is 1. The van der Waals surface area contributed by atoms with E-state index >= 15 is 0 Å². The molecule has 1 aliphatic rings. The van der Waals surface area contributed by atoms with Crippen molar-refractivity contribution in [2.75, 3.05) is 6.61 Å². The molecular formula is C37H37N2O8P. The van der Waals surface area contributed by atoms with Crippen molar-refractivity contribution in [3.63, 3.8) is 0 Å². The number of rotatable bonds is 13. The summed E-state index contributed by atoms with van der Waals surface area (Å²) in [4.78, 5) is 65.8. The van der Waals surface area contributed by atoms with Crippen LogP contribution >= 0.6 is 6.98 Å². The first kappa shape index (κ1) is 34.2. The van der Waals surface area contributed by atoms with E-state index in [2.05, 4.69) is 0 Å². The average molecular weight is 669 g/mol. The predicted octanol–water partition coefficient (Wildman–Crippen LogP) is 2.96. The van der Waals surface area contributed by atoms with E-state index in [0.29, 0.717) is 27.0 Å². The third-order valence-electron chi connectivity index (χ3n) is 8.60. The van der Waals surface area contributed by atoms with Gasteiger partial charge in [0.25, 0.3) is 0 Å². The van der Waals surface area contributed by atoms with Gasteiger partial charge in [0.05, 0.1) is 0 Å². The summed E-state index contributed by atoms with van der Waals surface area (Å²) in [6, 6.07) is 32.2. The van der Waals surface area contributed by atoms with E-state index < -0.39 is 55.4 Å². The van der Waals surface area contributed by atoms with E-state index in [1.54, 1.807) is 115 Å². The molecule has 0 radical (unpaired) electrons. The number of carbonyl (C=O) groups excluding carboxylic acids is 5. The van der Waals surface area contributed by atoms with E-state index in [4.69, 9.17) is 15.0 Å². The summed E-state index contributed by atoms with van der Waals surface area (Å²) < 4.78 is 13.4. The zero-order valence-electron chi connectivity index (χ0n) is 26.6. The molecule has 4 aromatic carbocycles. The Balaban J connectivity index is 1.78. The van der Waals surface area contributed by atoms with Crippen molar-refractivity contribution in [2.45, 2.75) is 38.8 Å². The van der Waals surface area contributed by atoms with Gasteiger partial charge in [0.2, 0.25) is 0 Å². The third-order valence-corrected chi connectivity index (χ3v) is 14.2. The Morgan fingerprint density at radius 2 is 1.29 bits per heavy atom. The number of nitrogens with zero attached hydrogens (tertiary/aromatic N) is 1. The van der Waals surface area contributed by atoms with Crippen LogP contribution in [0.5, 0.6) is 0 Å². The van der Waals surface area contributed by atoms with Gasteiger partial charge in [-0.15, -0.1) is 0 Å². The summed E-state index contributed by atoms with van der Waals surface area (Å²) in [7, 11) is 0. The first-order valence-corrected chi connectivity index (χ1v) is 17.6. The van der Waals surface area contributed by atoms with Gasteiger partial charge in [-0.25, -0.2) is 0 Å². The SMILES string of the molecule is CC(=O)OCC(=O)OP(c1ccccc1)(c1ccccc1)(c1ccccc1)N1C(=O)[C@H]([C@@H](C)O)[C@H]1CC(=O)c1ccc(CC(N)=O)cc1. The number of benzene rings is 4. The van der Waals surface area contributed by atoms with Gasteiger partial charge in [-0.2, -0.15) is 0 Å². The Labute approximate surface area is 278 Å². The number of ketones is 1. The fourth-order valence-corrected chi connectivity index (χ4v) is 12.6. The van der Waals surface area contributed by atoms with Crippen molar-refractivity contribution in [3.8, 4) is 0 Å². The van der Waals surface area contributed by atoms with Crippen molar-refractivity contribution in [1.29, 1.82) is 0 Å². The monoisotopic (exact) mass is 668 g/mol. The van der Waals surface area contributed by atoms with E-state index in [9.17, 15) is 29.1 Å². The zero-order chi connectivity index (χ0) is 34.5. The number of ether oxygens (including phenoxy) is 1. The summed E-state index contributed by atoms with van der Waals surface area (Å²) in [6.45, 7) is -3.01. The van der Waals surface area contributed by atoms with Crippen LogP contribution in [-0.4, -0.2) is 58.1 Å². The molecule has 3 N–H and O–H groups in total. The summed E-state index contributed by atoms with van der Waals surface area (Å²) in [6.07, 6.45) is -1.35. The second kappa shape index (κ2) is 13.9. The Morgan fingerprint density at radius 3 is 1.71 bits per heavy atom. The minimum atomic E-state index is -4.95. The van der Waals surface area contributed by atoms with Crippen LogP contribution in [0.4, 0.5) is 0 Å². The van der Waals surface area contributed by atoms with Crippen molar-refractivity contribution in [3.05, 3.63) is 126 Å². The molecule has 11 heteroatoms. The van der Waals surface area contributed by atoms with E-state index in [0.717, 1.165) is 0 Å². The first-order chi connectivity index (χ1) is 23.0. The molecule has 0 aromatic heterocycles. The van der Waals surface area contributed by atoms with Crippen LogP contribution in [0, 0.1) is 5.92 Å². The molecule has 48 heavy (non-hydrogen) atoms. The van der Waals surface area contributed by atoms with Crippen LogP contribution in [0.15, 0.2) is 115 Å². The maximum absolute atomic E-state index is 14.7. The molecule has 2 amide bonds. The van der Waals surface area contributed by atoms with Crippen LogP contribution in [0.3, 0.4) is 0 Å². The zero-order valence-corrected chi connectivity index (χ0v) is 27.5. The van der Waals surface area contributed by atoms with Crippen LogP contribution < -0.4 is 21.6 Å². The molecule has 1 aliphatic heterocycles. The number of carbonyl (C=O) groups is 5. The van der Waals surface area contributed by atoms with Crippen molar-refractivity contribution < 1.29 is 38.3 Å². The fraction of sp³-hybridized carbons (Fsp3) is 0.216. The molecular weight excluding hydrogens is 631 g/mol. The quantitative estimate of drug-likeness (QED) is 0.0955. The second-order valence-electron chi connectivity index (χ2n) is 11.7. The summed E-state index contributed by atoms with van der Waals surface area (Å²) in [5.74, 6) is -3.93. The summed E-state index contributed by atoms with van der Waals surface area (Å²) in [5, 5.41) is 12.4. The van der Waals surface area contributed by atoms with Gasteiger partial charge in [-0.1, -0.05) is 0 Å². The molecule has 0 spiro atoms. The third kappa shape index (κ3) is 6.01. The fourth-order valence-electron chi connectivity index (χ4n) is 6.60. The molecule has 248 valence electrons. The number of esters is 1. The normalized spacial score (nSPS) is 17.3. The van der Waals surface area contributed by atoms with Crippen LogP contribution in [0.25, 0.3) is 0 Å². The summed E-state index contributed by atoms with van der Waals surface area (Å²) in [5.41, 5.74) is 6.30. The van der Waals surface area contributed by atoms with Gasteiger partial charge >= 0.3 is 279 Å². The van der Waals surface area contributed by atoms with Gasteiger partial charge in [0.15, 0.2) is 0 Å². The Morgan fingerprint density at radius 1 is 0.812 bits per heavy atom. The maximum atomic E-state index is 14.7. The van der Waals surface area contributed by atoms with Gasteiger partial charge in [0.1, 0.15) is 0 Å². The van der Waals surface area contributed by atoms with Gasteiger partial charge in [-0.3, -0.25) is 0 Å². The number of aliphatic hydroxyl groups is 1. The van der Waals surface area contributed by atoms with Crippen molar-refractivity contribution >= 4 is 52.4 Å². The summed E-state index contributed by atoms with van der Waals surface area (Å²) >= 11 is 0. The van der Waals surface area contributed by atoms with Crippen molar-refractivity contribution in [1.82, 2.24) is 4.67 Å². The average Bonchev–Trinajstić information content (AvgIpc) is 3.08. The number of hydrogen-bond acceptors (Lipinski definition) is 8. The van der Waals surface area contributed by atoms with E-state index in [-0.39, 0.29) is 18.6 Å². The van der Waals surface area contributed by atoms with E-state index in [1.807, 2.05) is 0 Å². The Kier molecular flexibility index (Phi) is 9.89. The Bertz CT molecular complexity index is 1720. The molecule has 0 saturated carbocycles. The van der Waals surface area contributed by atoms with Crippen LogP contribution in [0.2, 0.25) is 0 Å². The van der Waals surface area contributed by atoms with E-state index in [1.165, 1.54) is 18.5 Å². The van der Waals surface area contributed by atoms with Crippen LogP contribution in [0.1, 0.15) is 36.2 Å². The second-order valence-corrected chi connectivity index (χ2v) is 15.9. The van der Waals surface area contributed by atoms with Crippen LogP contribution in [-0.2, 0) is 34.9 Å². The molecule has 10 nitrogen and oxygen atoms in total.